The van der Waals surface area contributed by atoms with E-state index in [1.165, 1.54) is 0 Å². The zero-order chi connectivity index (χ0) is 15.1. The molecule has 0 N–H and O–H groups in total. The molecule has 0 unspecified atom stereocenters. The summed E-state index contributed by atoms with van der Waals surface area (Å²) >= 11 is 3.46. The Labute approximate surface area is 127 Å². The van der Waals surface area contributed by atoms with Crippen molar-refractivity contribution in [3.05, 3.63) is 58.6 Å². The van der Waals surface area contributed by atoms with Gasteiger partial charge in [0.25, 0.3) is 0 Å². The van der Waals surface area contributed by atoms with E-state index in [1.54, 1.807) is 6.08 Å². The Bertz CT molecular complexity index is 430. The summed E-state index contributed by atoms with van der Waals surface area (Å²) in [6.07, 6.45) is 4.83. The van der Waals surface area contributed by atoms with Gasteiger partial charge in [-0.1, -0.05) is 77.3 Å². The van der Waals surface area contributed by atoms with Gasteiger partial charge in [0.15, 0.2) is 0 Å². The second-order valence-electron chi connectivity index (χ2n) is 3.00. The molecule has 0 atom stereocenters. The average Bonchev–Trinajstić information content (AvgIpc) is 2.49. The molecule has 0 aliphatic heterocycles. The SMILES string of the molecule is C=C/C(C#Cc1ccccc1Br)=C\CC.CC.CC. The summed E-state index contributed by atoms with van der Waals surface area (Å²) in [6.45, 7) is 13.8. The predicted octanol–water partition coefficient (Wildman–Crippen LogP) is 6.38. The van der Waals surface area contributed by atoms with Gasteiger partial charge >= 0.3 is 0 Å². The molecule has 0 heterocycles. The maximum atomic E-state index is 3.73. The molecule has 1 rings (SSSR count). The summed E-state index contributed by atoms with van der Waals surface area (Å²) < 4.78 is 1.03. The van der Waals surface area contributed by atoms with Gasteiger partial charge in [-0.25, -0.2) is 0 Å². The third-order valence-corrected chi connectivity index (χ3v) is 2.55. The van der Waals surface area contributed by atoms with Gasteiger partial charge in [0.2, 0.25) is 0 Å². The first-order valence-corrected chi connectivity index (χ1v) is 7.66. The van der Waals surface area contributed by atoms with Crippen molar-refractivity contribution in [2.24, 2.45) is 0 Å². The maximum absolute atomic E-state index is 3.73. The number of allylic oxidation sites excluding steroid dienone is 3. The van der Waals surface area contributed by atoms with E-state index in [4.69, 9.17) is 0 Å². The quantitative estimate of drug-likeness (QED) is 0.438. The highest BCUT2D eigenvalue weighted by atomic mass is 79.9. The van der Waals surface area contributed by atoms with E-state index < -0.39 is 0 Å². The standard InChI is InChI=1S/C14H13Br.2C2H6/c1-3-7-12(4-2)10-11-13-8-5-6-9-14(13)15;2*1-2/h4-9H,2-3H2,1H3;2*1-2H3/b12-7+;;. The first-order chi connectivity index (χ1) is 9.27. The fraction of sp³-hybridized carbons (Fsp3) is 0.333. The van der Waals surface area contributed by atoms with Crippen LogP contribution >= 0.6 is 15.9 Å². The van der Waals surface area contributed by atoms with E-state index in [-0.39, 0.29) is 0 Å². The van der Waals surface area contributed by atoms with Crippen LogP contribution in [0.4, 0.5) is 0 Å². The van der Waals surface area contributed by atoms with Crippen LogP contribution in [0.5, 0.6) is 0 Å². The molecule has 0 aromatic heterocycles. The molecule has 0 aliphatic carbocycles. The molecule has 0 saturated carbocycles. The normalized spacial score (nSPS) is 8.84. The zero-order valence-corrected chi connectivity index (χ0v) is 14.3. The lowest BCUT2D eigenvalue weighted by molar-refractivity contribution is 1.21. The van der Waals surface area contributed by atoms with Gasteiger partial charge < -0.3 is 0 Å². The van der Waals surface area contributed by atoms with Crippen LogP contribution < -0.4 is 0 Å². The third kappa shape index (κ3) is 9.33. The number of hydrogen-bond acceptors (Lipinski definition) is 0. The summed E-state index contributed by atoms with van der Waals surface area (Å²) in [7, 11) is 0. The lowest BCUT2D eigenvalue weighted by Gasteiger charge is -1.93. The summed E-state index contributed by atoms with van der Waals surface area (Å²) in [5.41, 5.74) is 1.98. The van der Waals surface area contributed by atoms with Crippen molar-refractivity contribution in [2.75, 3.05) is 0 Å². The van der Waals surface area contributed by atoms with E-state index in [2.05, 4.69) is 47.3 Å². The molecular weight excluding hydrogens is 296 g/mol. The Morgan fingerprint density at radius 2 is 1.79 bits per heavy atom. The minimum Gasteiger partial charge on any atom is -0.0978 e. The molecule has 1 aromatic rings. The van der Waals surface area contributed by atoms with E-state index >= 15 is 0 Å². The molecule has 0 radical (unpaired) electrons. The second kappa shape index (κ2) is 14.8. The lowest BCUT2D eigenvalue weighted by atomic mass is 10.2. The van der Waals surface area contributed by atoms with Gasteiger partial charge in [-0.05, 0) is 34.5 Å². The van der Waals surface area contributed by atoms with Crippen LogP contribution in [0.2, 0.25) is 0 Å². The van der Waals surface area contributed by atoms with E-state index in [9.17, 15) is 0 Å². The summed E-state index contributed by atoms with van der Waals surface area (Å²) in [5.74, 6) is 6.20. The molecule has 104 valence electrons. The molecule has 0 spiro atoms. The lowest BCUT2D eigenvalue weighted by Crippen LogP contribution is -1.77. The molecule has 0 nitrogen and oxygen atoms in total. The smallest absolute Gasteiger partial charge is 0.0391 e. The number of benzene rings is 1. The number of hydrogen-bond donors (Lipinski definition) is 0. The van der Waals surface area contributed by atoms with Crippen LogP contribution in [-0.4, -0.2) is 0 Å². The summed E-state index contributed by atoms with van der Waals surface area (Å²) in [6, 6.07) is 7.93. The summed E-state index contributed by atoms with van der Waals surface area (Å²) in [5, 5.41) is 0. The molecule has 0 fully saturated rings. The Morgan fingerprint density at radius 3 is 2.26 bits per heavy atom. The Balaban J connectivity index is 0. The molecule has 19 heavy (non-hydrogen) atoms. The van der Waals surface area contributed by atoms with Crippen LogP contribution in [-0.2, 0) is 0 Å². The average molecular weight is 321 g/mol. The van der Waals surface area contributed by atoms with Crippen LogP contribution in [0.25, 0.3) is 0 Å². The van der Waals surface area contributed by atoms with Crippen molar-refractivity contribution in [3.63, 3.8) is 0 Å². The van der Waals surface area contributed by atoms with Gasteiger partial charge in [0, 0.05) is 15.6 Å². The molecule has 0 bridgehead atoms. The maximum Gasteiger partial charge on any atom is 0.0391 e. The largest absolute Gasteiger partial charge is 0.0978 e. The van der Waals surface area contributed by atoms with Crippen molar-refractivity contribution in [1.82, 2.24) is 0 Å². The van der Waals surface area contributed by atoms with Crippen molar-refractivity contribution in [3.8, 4) is 11.8 Å². The van der Waals surface area contributed by atoms with Crippen molar-refractivity contribution in [1.29, 1.82) is 0 Å². The molecule has 0 amide bonds. The Morgan fingerprint density at radius 1 is 1.21 bits per heavy atom. The summed E-state index contributed by atoms with van der Waals surface area (Å²) in [4.78, 5) is 0. The van der Waals surface area contributed by atoms with Gasteiger partial charge in [0.05, 0.1) is 0 Å². The topological polar surface area (TPSA) is 0 Å². The highest BCUT2D eigenvalue weighted by Gasteiger charge is 1.92. The van der Waals surface area contributed by atoms with Gasteiger partial charge in [0.1, 0.15) is 0 Å². The second-order valence-corrected chi connectivity index (χ2v) is 3.86. The number of rotatable bonds is 2. The van der Waals surface area contributed by atoms with E-state index in [0.29, 0.717) is 0 Å². The van der Waals surface area contributed by atoms with Gasteiger partial charge in [-0.15, -0.1) is 0 Å². The van der Waals surface area contributed by atoms with Crippen molar-refractivity contribution < 1.29 is 0 Å². The van der Waals surface area contributed by atoms with Crippen LogP contribution in [0.3, 0.4) is 0 Å². The Kier molecular flexibility index (Phi) is 15.6. The highest BCUT2D eigenvalue weighted by Crippen LogP contribution is 2.14. The third-order valence-electron chi connectivity index (χ3n) is 1.86. The fourth-order valence-corrected chi connectivity index (χ4v) is 1.49. The molecule has 0 aliphatic rings. The predicted molar refractivity (Wildman–Crippen MR) is 92.3 cm³/mol. The molecule has 1 heteroatoms. The molecule has 1 aromatic carbocycles. The zero-order valence-electron chi connectivity index (χ0n) is 12.8. The van der Waals surface area contributed by atoms with E-state index in [1.807, 2.05) is 52.0 Å². The molecular formula is C18H25Br. The van der Waals surface area contributed by atoms with Gasteiger partial charge in [-0.2, -0.15) is 0 Å². The monoisotopic (exact) mass is 320 g/mol. The first kappa shape index (κ1) is 20.1. The Hall–Kier alpha value is -1.26. The minimum absolute atomic E-state index is 0.978. The van der Waals surface area contributed by atoms with Crippen molar-refractivity contribution in [2.45, 2.75) is 41.0 Å². The number of halogens is 1. The highest BCUT2D eigenvalue weighted by molar-refractivity contribution is 9.10. The van der Waals surface area contributed by atoms with E-state index in [0.717, 1.165) is 22.0 Å². The van der Waals surface area contributed by atoms with Crippen LogP contribution in [0.1, 0.15) is 46.6 Å². The van der Waals surface area contributed by atoms with Crippen LogP contribution in [0.15, 0.2) is 53.0 Å². The van der Waals surface area contributed by atoms with Crippen molar-refractivity contribution >= 4 is 15.9 Å². The molecule has 0 saturated heterocycles. The van der Waals surface area contributed by atoms with Crippen LogP contribution in [0, 0.1) is 11.8 Å². The first-order valence-electron chi connectivity index (χ1n) is 6.87. The minimum atomic E-state index is 0.978. The fourth-order valence-electron chi connectivity index (χ4n) is 1.11. The van der Waals surface area contributed by atoms with Gasteiger partial charge in [-0.3, -0.25) is 0 Å².